The van der Waals surface area contributed by atoms with Gasteiger partial charge in [-0.1, -0.05) is 24.3 Å². The molecule has 0 aliphatic rings. The Morgan fingerprint density at radius 2 is 1.73 bits per heavy atom. The van der Waals surface area contributed by atoms with Crippen LogP contribution in [0.25, 0.3) is 0 Å². The van der Waals surface area contributed by atoms with Gasteiger partial charge in [-0.2, -0.15) is 0 Å². The highest BCUT2D eigenvalue weighted by molar-refractivity contribution is 5.92. The SMILES string of the molecule is COC(=O)c1ccc(NC(=O)NCc2ccccc2C)cc1. The van der Waals surface area contributed by atoms with Crippen LogP contribution in [-0.2, 0) is 11.3 Å². The van der Waals surface area contributed by atoms with Gasteiger partial charge in [0.15, 0.2) is 0 Å². The largest absolute Gasteiger partial charge is 0.465 e. The van der Waals surface area contributed by atoms with E-state index in [9.17, 15) is 9.59 Å². The van der Waals surface area contributed by atoms with E-state index >= 15 is 0 Å². The Morgan fingerprint density at radius 1 is 1.05 bits per heavy atom. The van der Waals surface area contributed by atoms with Gasteiger partial charge < -0.3 is 15.4 Å². The van der Waals surface area contributed by atoms with Gasteiger partial charge in [-0.15, -0.1) is 0 Å². The lowest BCUT2D eigenvalue weighted by molar-refractivity contribution is 0.0601. The summed E-state index contributed by atoms with van der Waals surface area (Å²) in [7, 11) is 1.33. The maximum Gasteiger partial charge on any atom is 0.337 e. The minimum Gasteiger partial charge on any atom is -0.465 e. The van der Waals surface area contributed by atoms with Crippen molar-refractivity contribution in [2.24, 2.45) is 0 Å². The predicted molar refractivity (Wildman–Crippen MR) is 84.8 cm³/mol. The van der Waals surface area contributed by atoms with Crippen LogP contribution in [0.5, 0.6) is 0 Å². The number of hydrogen-bond donors (Lipinski definition) is 2. The van der Waals surface area contributed by atoms with E-state index in [0.29, 0.717) is 17.8 Å². The third-order valence-corrected chi connectivity index (χ3v) is 3.26. The Hall–Kier alpha value is -2.82. The average Bonchev–Trinajstić information content (AvgIpc) is 2.54. The van der Waals surface area contributed by atoms with E-state index < -0.39 is 5.97 Å². The van der Waals surface area contributed by atoms with Crippen LogP contribution in [0.3, 0.4) is 0 Å². The molecule has 0 bridgehead atoms. The molecule has 22 heavy (non-hydrogen) atoms. The predicted octanol–water partition coefficient (Wildman–Crippen LogP) is 3.10. The van der Waals surface area contributed by atoms with Gasteiger partial charge in [-0.3, -0.25) is 0 Å². The lowest BCUT2D eigenvalue weighted by Crippen LogP contribution is -2.28. The summed E-state index contributed by atoms with van der Waals surface area (Å²) in [6, 6.07) is 14.1. The van der Waals surface area contributed by atoms with Crippen LogP contribution in [0.2, 0.25) is 0 Å². The molecular formula is C17H18N2O3. The van der Waals surface area contributed by atoms with Crippen molar-refractivity contribution in [1.82, 2.24) is 5.32 Å². The first kappa shape index (κ1) is 15.6. The molecule has 2 aromatic carbocycles. The number of esters is 1. The highest BCUT2D eigenvalue weighted by Crippen LogP contribution is 2.11. The van der Waals surface area contributed by atoms with E-state index in [-0.39, 0.29) is 6.03 Å². The Labute approximate surface area is 129 Å². The van der Waals surface area contributed by atoms with Crippen molar-refractivity contribution in [3.8, 4) is 0 Å². The van der Waals surface area contributed by atoms with E-state index in [1.807, 2.05) is 31.2 Å². The van der Waals surface area contributed by atoms with E-state index in [0.717, 1.165) is 11.1 Å². The van der Waals surface area contributed by atoms with E-state index in [1.54, 1.807) is 24.3 Å². The molecule has 0 aliphatic carbocycles. The first-order valence-electron chi connectivity index (χ1n) is 6.88. The van der Waals surface area contributed by atoms with Crippen molar-refractivity contribution in [1.29, 1.82) is 0 Å². The minimum absolute atomic E-state index is 0.297. The summed E-state index contributed by atoms with van der Waals surface area (Å²) < 4.78 is 4.62. The summed E-state index contributed by atoms with van der Waals surface area (Å²) in [6.45, 7) is 2.46. The maximum absolute atomic E-state index is 11.9. The van der Waals surface area contributed by atoms with Gasteiger partial charge in [-0.25, -0.2) is 9.59 Å². The number of aryl methyl sites for hydroxylation is 1. The maximum atomic E-state index is 11.9. The molecular weight excluding hydrogens is 280 g/mol. The molecule has 0 saturated carbocycles. The lowest BCUT2D eigenvalue weighted by atomic mass is 10.1. The van der Waals surface area contributed by atoms with Crippen molar-refractivity contribution in [3.05, 3.63) is 65.2 Å². The summed E-state index contributed by atoms with van der Waals surface area (Å²) >= 11 is 0. The topological polar surface area (TPSA) is 67.4 Å². The van der Waals surface area contributed by atoms with Crippen LogP contribution in [-0.4, -0.2) is 19.1 Å². The number of anilines is 1. The third-order valence-electron chi connectivity index (χ3n) is 3.26. The Bertz CT molecular complexity index is 666. The van der Waals surface area contributed by atoms with Gasteiger partial charge in [0.2, 0.25) is 0 Å². The molecule has 5 heteroatoms. The Balaban J connectivity index is 1.89. The second kappa shape index (κ2) is 7.26. The second-order valence-corrected chi connectivity index (χ2v) is 4.80. The fourth-order valence-electron chi connectivity index (χ4n) is 1.97. The van der Waals surface area contributed by atoms with Gasteiger partial charge in [0.1, 0.15) is 0 Å². The van der Waals surface area contributed by atoms with Crippen LogP contribution < -0.4 is 10.6 Å². The molecule has 2 N–H and O–H groups in total. The molecule has 0 unspecified atom stereocenters. The summed E-state index contributed by atoms with van der Waals surface area (Å²) in [6.07, 6.45) is 0. The van der Waals surface area contributed by atoms with E-state index in [2.05, 4.69) is 15.4 Å². The minimum atomic E-state index is -0.407. The number of ether oxygens (including phenoxy) is 1. The van der Waals surface area contributed by atoms with Crippen LogP contribution >= 0.6 is 0 Å². The van der Waals surface area contributed by atoms with Gasteiger partial charge in [0.25, 0.3) is 0 Å². The fraction of sp³-hybridized carbons (Fsp3) is 0.176. The zero-order valence-electron chi connectivity index (χ0n) is 12.6. The summed E-state index contributed by atoms with van der Waals surface area (Å²) in [5.41, 5.74) is 3.24. The molecule has 0 aliphatic heterocycles. The van der Waals surface area contributed by atoms with Crippen molar-refractivity contribution in [2.75, 3.05) is 12.4 Å². The van der Waals surface area contributed by atoms with Crippen LogP contribution in [0.1, 0.15) is 21.5 Å². The molecule has 2 aromatic rings. The molecule has 0 saturated heterocycles. The lowest BCUT2D eigenvalue weighted by Gasteiger charge is -2.09. The summed E-state index contributed by atoms with van der Waals surface area (Å²) in [5.74, 6) is -0.407. The number of methoxy groups -OCH3 is 1. The molecule has 0 atom stereocenters. The molecule has 0 spiro atoms. The molecule has 114 valence electrons. The van der Waals surface area contributed by atoms with Crippen molar-refractivity contribution >= 4 is 17.7 Å². The summed E-state index contributed by atoms with van der Waals surface area (Å²) in [4.78, 5) is 23.2. The Morgan fingerprint density at radius 3 is 2.36 bits per heavy atom. The first-order valence-corrected chi connectivity index (χ1v) is 6.88. The highest BCUT2D eigenvalue weighted by Gasteiger charge is 2.06. The molecule has 0 heterocycles. The van der Waals surface area contributed by atoms with Gasteiger partial charge >= 0.3 is 12.0 Å². The van der Waals surface area contributed by atoms with Crippen molar-refractivity contribution in [2.45, 2.75) is 13.5 Å². The molecule has 0 aromatic heterocycles. The quantitative estimate of drug-likeness (QED) is 0.852. The van der Waals surface area contributed by atoms with Gasteiger partial charge in [0.05, 0.1) is 12.7 Å². The molecule has 0 fully saturated rings. The number of carbonyl (C=O) groups excluding carboxylic acids is 2. The van der Waals surface area contributed by atoms with Crippen LogP contribution in [0.4, 0.5) is 10.5 Å². The number of rotatable bonds is 4. The zero-order chi connectivity index (χ0) is 15.9. The van der Waals surface area contributed by atoms with Crippen LogP contribution in [0.15, 0.2) is 48.5 Å². The van der Waals surface area contributed by atoms with Crippen molar-refractivity contribution in [3.63, 3.8) is 0 Å². The zero-order valence-corrected chi connectivity index (χ0v) is 12.6. The highest BCUT2D eigenvalue weighted by atomic mass is 16.5. The fourth-order valence-corrected chi connectivity index (χ4v) is 1.97. The molecule has 2 rings (SSSR count). The number of hydrogen-bond acceptors (Lipinski definition) is 3. The summed E-state index contributed by atoms with van der Waals surface area (Å²) in [5, 5.41) is 5.51. The number of carbonyl (C=O) groups is 2. The number of urea groups is 1. The molecule has 5 nitrogen and oxygen atoms in total. The third kappa shape index (κ3) is 4.09. The Kier molecular flexibility index (Phi) is 5.14. The molecule has 0 radical (unpaired) electrons. The first-order chi connectivity index (χ1) is 10.6. The number of nitrogens with one attached hydrogen (secondary N) is 2. The molecule has 2 amide bonds. The smallest absolute Gasteiger partial charge is 0.337 e. The number of benzene rings is 2. The van der Waals surface area contributed by atoms with E-state index in [1.165, 1.54) is 7.11 Å². The van der Waals surface area contributed by atoms with Gasteiger partial charge in [0, 0.05) is 12.2 Å². The second-order valence-electron chi connectivity index (χ2n) is 4.80. The van der Waals surface area contributed by atoms with Crippen LogP contribution in [0, 0.1) is 6.92 Å². The van der Waals surface area contributed by atoms with Crippen molar-refractivity contribution < 1.29 is 14.3 Å². The number of amides is 2. The average molecular weight is 298 g/mol. The monoisotopic (exact) mass is 298 g/mol. The van der Waals surface area contributed by atoms with Gasteiger partial charge in [-0.05, 0) is 42.3 Å². The van der Waals surface area contributed by atoms with E-state index in [4.69, 9.17) is 0 Å². The standard InChI is InChI=1S/C17H18N2O3/c1-12-5-3-4-6-14(12)11-18-17(21)19-15-9-7-13(8-10-15)16(20)22-2/h3-10H,11H2,1-2H3,(H2,18,19,21). The normalized spacial score (nSPS) is 9.91.